The highest BCUT2D eigenvalue weighted by Crippen LogP contribution is 2.14. The lowest BCUT2D eigenvalue weighted by Gasteiger charge is -2.07. The zero-order valence-corrected chi connectivity index (χ0v) is 21.9. The molecule has 1 heterocycles. The summed E-state index contributed by atoms with van der Waals surface area (Å²) in [5, 5.41) is 29.6. The topological polar surface area (TPSA) is 206 Å². The Hall–Kier alpha value is -3.22. The fraction of sp³-hybridized carbons (Fsp3) is 0.700. The number of aromatic nitrogens is 2. The van der Waals surface area contributed by atoms with E-state index in [4.69, 9.17) is 31.3 Å². The highest BCUT2D eigenvalue weighted by molar-refractivity contribution is 7.11. The number of halogens is 6. The van der Waals surface area contributed by atoms with Gasteiger partial charge in [-0.2, -0.15) is 26.3 Å². The van der Waals surface area contributed by atoms with Crippen molar-refractivity contribution in [2.75, 3.05) is 19.6 Å². The number of aliphatic imine (C=N–C) groups is 1. The number of aryl methyl sites for hydroxylation is 2. The lowest BCUT2D eigenvalue weighted by molar-refractivity contribution is -0.193. The molecule has 0 saturated heterocycles. The normalized spacial score (nSPS) is 11.4. The maximum Gasteiger partial charge on any atom is 0.490 e. The van der Waals surface area contributed by atoms with Gasteiger partial charge in [0.15, 0.2) is 5.96 Å². The molecule has 0 spiro atoms. The molecule has 39 heavy (non-hydrogen) atoms. The summed E-state index contributed by atoms with van der Waals surface area (Å²) in [6.45, 7) is 3.90. The van der Waals surface area contributed by atoms with Gasteiger partial charge in [-0.15, -0.1) is 21.5 Å². The number of nitrogens with zero attached hydrogens (tertiary/aromatic N) is 3. The van der Waals surface area contributed by atoms with Crippen LogP contribution in [-0.4, -0.2) is 76.3 Å². The third kappa shape index (κ3) is 24.9. The molecule has 0 bridgehead atoms. The molecule has 0 aliphatic heterocycles. The summed E-state index contributed by atoms with van der Waals surface area (Å²) >= 11 is 1.59. The van der Waals surface area contributed by atoms with Crippen molar-refractivity contribution in [3.8, 4) is 0 Å². The molecule has 8 N–H and O–H groups in total. The molecule has 0 radical (unpaired) electrons. The molecule has 226 valence electrons. The largest absolute Gasteiger partial charge is 0.490 e. The Morgan fingerprint density at radius 2 is 1.38 bits per heavy atom. The Labute approximate surface area is 224 Å². The second-order valence-corrected chi connectivity index (χ2v) is 8.75. The van der Waals surface area contributed by atoms with Gasteiger partial charge in [-0.05, 0) is 32.7 Å². The van der Waals surface area contributed by atoms with Gasteiger partial charge in [0.1, 0.15) is 10.0 Å². The fourth-order valence-corrected chi connectivity index (χ4v) is 3.00. The summed E-state index contributed by atoms with van der Waals surface area (Å²) in [6, 6.07) is -0.302. The van der Waals surface area contributed by atoms with Crippen LogP contribution in [0.5, 0.6) is 0 Å². The molecular formula is C20H33F6N7O5S. The van der Waals surface area contributed by atoms with E-state index in [1.807, 2.05) is 6.92 Å². The van der Waals surface area contributed by atoms with E-state index in [0.29, 0.717) is 13.1 Å². The molecule has 0 saturated carbocycles. The van der Waals surface area contributed by atoms with Gasteiger partial charge in [0.25, 0.3) is 0 Å². The number of nitrogens with two attached hydrogens (primary N) is 2. The molecular weight excluding hydrogens is 564 g/mol. The van der Waals surface area contributed by atoms with Crippen LogP contribution >= 0.6 is 11.3 Å². The Morgan fingerprint density at radius 1 is 0.897 bits per heavy atom. The van der Waals surface area contributed by atoms with Gasteiger partial charge in [-0.1, -0.05) is 25.7 Å². The minimum absolute atomic E-state index is 0.146. The smallest absolute Gasteiger partial charge is 0.475 e. The molecule has 0 aliphatic rings. The van der Waals surface area contributed by atoms with Crippen LogP contribution in [0.2, 0.25) is 0 Å². The number of amides is 2. The van der Waals surface area contributed by atoms with Gasteiger partial charge < -0.3 is 27.0 Å². The Bertz CT molecular complexity index is 858. The molecule has 0 atom stereocenters. The highest BCUT2D eigenvalue weighted by atomic mass is 32.1. The van der Waals surface area contributed by atoms with Crippen LogP contribution < -0.4 is 22.1 Å². The van der Waals surface area contributed by atoms with Crippen molar-refractivity contribution < 1.29 is 50.9 Å². The van der Waals surface area contributed by atoms with Gasteiger partial charge in [-0.3, -0.25) is 10.3 Å². The third-order valence-electron chi connectivity index (χ3n) is 4.04. The molecule has 2 amide bonds. The lowest BCUT2D eigenvalue weighted by atomic mass is 10.1. The van der Waals surface area contributed by atoms with Crippen molar-refractivity contribution in [1.82, 2.24) is 20.8 Å². The first kappa shape index (κ1) is 37.9. The van der Waals surface area contributed by atoms with E-state index >= 15 is 0 Å². The van der Waals surface area contributed by atoms with Crippen molar-refractivity contribution >= 4 is 35.3 Å². The third-order valence-corrected chi connectivity index (χ3v) is 4.94. The van der Waals surface area contributed by atoms with Crippen LogP contribution in [0, 0.1) is 6.92 Å². The first-order valence-electron chi connectivity index (χ1n) is 11.4. The molecule has 1 aromatic heterocycles. The number of nitrogens with one attached hydrogen (secondary N) is 2. The van der Waals surface area contributed by atoms with E-state index < -0.39 is 24.3 Å². The highest BCUT2D eigenvalue weighted by Gasteiger charge is 2.38. The number of hydrogen-bond donors (Lipinski definition) is 6. The summed E-state index contributed by atoms with van der Waals surface area (Å²) in [5.41, 5.74) is 11.1. The summed E-state index contributed by atoms with van der Waals surface area (Å²) < 4.78 is 63.5. The van der Waals surface area contributed by atoms with Crippen LogP contribution in [0.1, 0.15) is 55.0 Å². The van der Waals surface area contributed by atoms with Gasteiger partial charge in [0.05, 0.1) is 0 Å². The van der Waals surface area contributed by atoms with E-state index in [2.05, 4.69) is 25.8 Å². The van der Waals surface area contributed by atoms with Crippen molar-refractivity contribution in [1.29, 1.82) is 0 Å². The quantitative estimate of drug-likeness (QED) is 0.0905. The molecule has 0 unspecified atom stereocenters. The van der Waals surface area contributed by atoms with Gasteiger partial charge in [0, 0.05) is 19.5 Å². The number of rotatable bonds is 12. The standard InChI is InChI=1S/C16H31N7OS.2C2HF3O2/c1-13-22-23-14(25-13)9-8-12-19-15(18)21-16(24)20-11-7-5-3-2-4-6-10-17;2*3-2(4,5)1(6)7/h2-12,17H2,1H3,(H4,18,19,20,21,24);2*(H,6,7). The van der Waals surface area contributed by atoms with Gasteiger partial charge >= 0.3 is 30.3 Å². The number of aliphatic carboxylic acids is 2. The number of unbranched alkanes of at least 4 members (excludes halogenated alkanes) is 5. The Balaban J connectivity index is 0. The Kier molecular flexibility index (Phi) is 20.1. The van der Waals surface area contributed by atoms with Gasteiger partial charge in [-0.25, -0.2) is 14.4 Å². The van der Waals surface area contributed by atoms with Crippen LogP contribution in [-0.2, 0) is 16.0 Å². The van der Waals surface area contributed by atoms with Gasteiger partial charge in [0.2, 0.25) is 0 Å². The average molecular weight is 598 g/mol. The van der Waals surface area contributed by atoms with Crippen LogP contribution in [0.3, 0.4) is 0 Å². The predicted octanol–water partition coefficient (Wildman–Crippen LogP) is 2.96. The summed E-state index contributed by atoms with van der Waals surface area (Å²) in [4.78, 5) is 33.6. The average Bonchev–Trinajstić information content (AvgIpc) is 3.23. The van der Waals surface area contributed by atoms with E-state index in [9.17, 15) is 31.1 Å². The van der Waals surface area contributed by atoms with Crippen LogP contribution in [0.15, 0.2) is 4.99 Å². The number of carbonyl (C=O) groups excluding carboxylic acids is 1. The van der Waals surface area contributed by atoms with Crippen molar-refractivity contribution in [2.45, 2.75) is 70.6 Å². The molecule has 0 aliphatic carbocycles. The first-order valence-corrected chi connectivity index (χ1v) is 12.3. The first-order chi connectivity index (χ1) is 18.0. The number of alkyl halides is 6. The van der Waals surface area contributed by atoms with E-state index in [1.165, 1.54) is 19.3 Å². The number of guanidine groups is 1. The lowest BCUT2D eigenvalue weighted by Crippen LogP contribution is -2.43. The molecule has 1 aromatic rings. The zero-order chi connectivity index (χ0) is 30.5. The van der Waals surface area contributed by atoms with Crippen molar-refractivity contribution in [3.05, 3.63) is 10.0 Å². The SMILES string of the molecule is Cc1nnc(CCCN=C(N)NC(=O)NCCCCCCCCN)s1.O=C(O)C(F)(F)F.O=C(O)C(F)(F)F. The monoisotopic (exact) mass is 597 g/mol. The minimum Gasteiger partial charge on any atom is -0.475 e. The fourth-order valence-electron chi connectivity index (χ4n) is 2.25. The van der Waals surface area contributed by atoms with Crippen molar-refractivity contribution in [2.24, 2.45) is 16.5 Å². The van der Waals surface area contributed by atoms with E-state index in [0.717, 1.165) is 48.7 Å². The zero-order valence-electron chi connectivity index (χ0n) is 21.1. The molecule has 1 rings (SSSR count). The Morgan fingerprint density at radius 3 is 1.82 bits per heavy atom. The summed E-state index contributed by atoms with van der Waals surface area (Å²) in [6.07, 6.45) is -1.77. The maximum absolute atomic E-state index is 11.7. The maximum atomic E-state index is 11.7. The molecule has 12 nitrogen and oxygen atoms in total. The summed E-state index contributed by atoms with van der Waals surface area (Å²) in [7, 11) is 0. The minimum atomic E-state index is -5.08. The summed E-state index contributed by atoms with van der Waals surface area (Å²) in [5.74, 6) is -5.37. The number of urea groups is 1. The second kappa shape index (κ2) is 20.7. The second-order valence-electron chi connectivity index (χ2n) is 7.48. The number of carboxylic acid groups (broad SMARTS) is 2. The van der Waals surface area contributed by atoms with Crippen molar-refractivity contribution in [3.63, 3.8) is 0 Å². The molecule has 0 fully saturated rings. The predicted molar refractivity (Wildman–Crippen MR) is 130 cm³/mol. The van der Waals surface area contributed by atoms with Crippen LogP contribution in [0.25, 0.3) is 0 Å². The van der Waals surface area contributed by atoms with E-state index in [-0.39, 0.29) is 12.0 Å². The molecule has 19 heteroatoms. The number of carboxylic acids is 2. The number of carbonyl (C=O) groups is 3. The number of hydrogen-bond acceptors (Lipinski definition) is 8. The van der Waals surface area contributed by atoms with E-state index in [1.54, 1.807) is 11.3 Å². The van der Waals surface area contributed by atoms with Crippen LogP contribution in [0.4, 0.5) is 31.1 Å². The molecule has 0 aromatic carbocycles.